The van der Waals surface area contributed by atoms with Crippen molar-refractivity contribution in [3.05, 3.63) is 97.2 Å². The number of carbonyl (C=O) groups is 3. The number of hydrogen-bond acceptors (Lipinski definition) is 6. The van der Waals surface area contributed by atoms with Crippen molar-refractivity contribution in [2.75, 3.05) is 13.2 Å². The molecule has 6 heteroatoms. The van der Waals surface area contributed by atoms with Crippen LogP contribution in [0.4, 0.5) is 0 Å². The zero-order valence-corrected chi connectivity index (χ0v) is 42.9. The van der Waals surface area contributed by atoms with E-state index in [0.717, 1.165) is 122 Å². The minimum atomic E-state index is -0.787. The summed E-state index contributed by atoms with van der Waals surface area (Å²) in [5.74, 6) is -0.922. The number of esters is 3. The van der Waals surface area contributed by atoms with Crippen LogP contribution in [0.3, 0.4) is 0 Å². The molecule has 0 aromatic rings. The summed E-state index contributed by atoms with van der Waals surface area (Å²) in [6, 6.07) is 0. The maximum absolute atomic E-state index is 12.8. The summed E-state index contributed by atoms with van der Waals surface area (Å²) in [5.41, 5.74) is 0. The standard InChI is InChI=1S/C60H100O6/c1-4-7-10-13-16-18-20-22-24-26-28-29-30-31-33-34-36-38-40-42-44-47-50-53-59(62)65-56-57(55-64-58(61)52-49-46-15-12-9-6-3)66-60(63)54-51-48-45-43-41-39-37-35-32-27-25-23-21-19-17-14-11-8-5-2/h7,10,16-19,22-25,28-29,31-33,35,57H,4-6,8-9,11-15,20-21,26-27,30,34,36-56H2,1-3H3/b10-7-,18-16-,19-17-,24-22-,25-23-,29-28-,33-31-,35-32-. The van der Waals surface area contributed by atoms with E-state index in [1.54, 1.807) is 0 Å². The molecule has 0 saturated heterocycles. The van der Waals surface area contributed by atoms with E-state index in [-0.39, 0.29) is 31.1 Å². The average Bonchev–Trinajstić information content (AvgIpc) is 3.31. The van der Waals surface area contributed by atoms with E-state index in [2.05, 4.69) is 118 Å². The number of allylic oxidation sites excluding steroid dienone is 16. The molecule has 0 aliphatic rings. The van der Waals surface area contributed by atoms with Gasteiger partial charge in [0.1, 0.15) is 13.2 Å². The first-order valence-electron chi connectivity index (χ1n) is 27.2. The van der Waals surface area contributed by atoms with Crippen molar-refractivity contribution in [3.63, 3.8) is 0 Å². The fourth-order valence-corrected chi connectivity index (χ4v) is 7.24. The molecule has 0 rings (SSSR count). The van der Waals surface area contributed by atoms with E-state index in [9.17, 15) is 14.4 Å². The van der Waals surface area contributed by atoms with Crippen LogP contribution in [0.25, 0.3) is 0 Å². The fourth-order valence-electron chi connectivity index (χ4n) is 7.24. The summed E-state index contributed by atoms with van der Waals surface area (Å²) in [6.07, 6.45) is 71.3. The lowest BCUT2D eigenvalue weighted by atomic mass is 10.1. The van der Waals surface area contributed by atoms with Gasteiger partial charge in [-0.1, -0.05) is 221 Å². The number of unbranched alkanes of at least 4 members (excludes halogenated alkanes) is 21. The molecule has 0 aromatic heterocycles. The molecule has 0 spiro atoms. The number of carbonyl (C=O) groups excluding carboxylic acids is 3. The van der Waals surface area contributed by atoms with Crippen molar-refractivity contribution in [1.29, 1.82) is 0 Å². The number of rotatable bonds is 48. The number of hydrogen-bond donors (Lipinski definition) is 0. The van der Waals surface area contributed by atoms with Crippen molar-refractivity contribution in [2.45, 2.75) is 252 Å². The van der Waals surface area contributed by atoms with Gasteiger partial charge in [-0.05, 0) is 103 Å². The molecule has 0 saturated carbocycles. The first-order chi connectivity index (χ1) is 32.5. The Bertz CT molecular complexity index is 1330. The van der Waals surface area contributed by atoms with Crippen LogP contribution in [0.2, 0.25) is 0 Å². The van der Waals surface area contributed by atoms with Gasteiger partial charge in [-0.3, -0.25) is 14.4 Å². The molecule has 0 heterocycles. The van der Waals surface area contributed by atoms with Gasteiger partial charge in [0.2, 0.25) is 0 Å². The molecule has 0 amide bonds. The third-order valence-corrected chi connectivity index (χ3v) is 11.3. The highest BCUT2D eigenvalue weighted by Gasteiger charge is 2.19. The Morgan fingerprint density at radius 1 is 0.318 bits per heavy atom. The summed E-state index contributed by atoms with van der Waals surface area (Å²) in [7, 11) is 0. The highest BCUT2D eigenvalue weighted by molar-refractivity contribution is 5.71. The largest absolute Gasteiger partial charge is 0.462 e. The zero-order chi connectivity index (χ0) is 47.9. The van der Waals surface area contributed by atoms with Crippen LogP contribution in [0.5, 0.6) is 0 Å². The Labute approximate surface area is 407 Å². The maximum atomic E-state index is 12.8. The smallest absolute Gasteiger partial charge is 0.306 e. The predicted molar refractivity (Wildman–Crippen MR) is 284 cm³/mol. The molecule has 0 fully saturated rings. The lowest BCUT2D eigenvalue weighted by molar-refractivity contribution is -0.167. The van der Waals surface area contributed by atoms with Crippen LogP contribution in [0, 0.1) is 0 Å². The van der Waals surface area contributed by atoms with Gasteiger partial charge in [-0.2, -0.15) is 0 Å². The van der Waals surface area contributed by atoms with E-state index in [4.69, 9.17) is 14.2 Å². The summed E-state index contributed by atoms with van der Waals surface area (Å²) in [4.78, 5) is 37.8. The molecule has 66 heavy (non-hydrogen) atoms. The third kappa shape index (κ3) is 51.3. The van der Waals surface area contributed by atoms with E-state index >= 15 is 0 Å². The summed E-state index contributed by atoms with van der Waals surface area (Å²) in [5, 5.41) is 0. The summed E-state index contributed by atoms with van der Waals surface area (Å²) in [6.45, 7) is 6.41. The molecule has 1 unspecified atom stereocenters. The molecule has 0 aliphatic carbocycles. The minimum Gasteiger partial charge on any atom is -0.462 e. The van der Waals surface area contributed by atoms with Gasteiger partial charge in [-0.25, -0.2) is 0 Å². The van der Waals surface area contributed by atoms with Crippen LogP contribution < -0.4 is 0 Å². The van der Waals surface area contributed by atoms with E-state index in [1.807, 2.05) is 0 Å². The second-order valence-corrected chi connectivity index (χ2v) is 17.8. The molecule has 376 valence electrons. The van der Waals surface area contributed by atoms with E-state index in [1.165, 1.54) is 83.5 Å². The minimum absolute atomic E-state index is 0.0873. The summed E-state index contributed by atoms with van der Waals surface area (Å²) >= 11 is 0. The monoisotopic (exact) mass is 917 g/mol. The van der Waals surface area contributed by atoms with Gasteiger partial charge in [0.15, 0.2) is 6.10 Å². The molecule has 0 aliphatic heterocycles. The molecule has 0 aromatic carbocycles. The Balaban J connectivity index is 4.24. The SMILES string of the molecule is CC/C=C\C/C=C\C/C=C\C/C=C\C/C=C\CCCCCCCCCC(=O)OCC(COC(=O)CCCCCCCC)OC(=O)CCCCCCCC/C=C\C/C=C\C/C=C\CCCCC. The Morgan fingerprint density at radius 2 is 0.591 bits per heavy atom. The lowest BCUT2D eigenvalue weighted by Gasteiger charge is -2.18. The van der Waals surface area contributed by atoms with Gasteiger partial charge < -0.3 is 14.2 Å². The molecule has 6 nitrogen and oxygen atoms in total. The lowest BCUT2D eigenvalue weighted by Crippen LogP contribution is -2.30. The number of ether oxygens (including phenoxy) is 3. The van der Waals surface area contributed by atoms with Crippen molar-refractivity contribution in [3.8, 4) is 0 Å². The highest BCUT2D eigenvalue weighted by Crippen LogP contribution is 2.14. The van der Waals surface area contributed by atoms with E-state index < -0.39 is 6.10 Å². The van der Waals surface area contributed by atoms with Crippen LogP contribution in [-0.2, 0) is 28.6 Å². The summed E-state index contributed by atoms with van der Waals surface area (Å²) < 4.78 is 16.7. The Kier molecular flexibility index (Phi) is 50.9. The molecular weight excluding hydrogens is 817 g/mol. The Morgan fingerprint density at radius 3 is 0.955 bits per heavy atom. The van der Waals surface area contributed by atoms with Crippen LogP contribution in [0.15, 0.2) is 97.2 Å². The zero-order valence-electron chi connectivity index (χ0n) is 42.9. The van der Waals surface area contributed by atoms with Crippen LogP contribution in [0.1, 0.15) is 245 Å². The molecule has 0 bridgehead atoms. The van der Waals surface area contributed by atoms with E-state index in [0.29, 0.717) is 19.3 Å². The fraction of sp³-hybridized carbons (Fsp3) is 0.683. The van der Waals surface area contributed by atoms with Gasteiger partial charge in [0.25, 0.3) is 0 Å². The van der Waals surface area contributed by atoms with Gasteiger partial charge in [0.05, 0.1) is 0 Å². The van der Waals surface area contributed by atoms with Crippen LogP contribution >= 0.6 is 0 Å². The van der Waals surface area contributed by atoms with Gasteiger partial charge >= 0.3 is 17.9 Å². The van der Waals surface area contributed by atoms with Gasteiger partial charge in [-0.15, -0.1) is 0 Å². The van der Waals surface area contributed by atoms with Crippen molar-refractivity contribution in [1.82, 2.24) is 0 Å². The average molecular weight is 917 g/mol. The van der Waals surface area contributed by atoms with Crippen molar-refractivity contribution in [2.24, 2.45) is 0 Å². The normalized spacial score (nSPS) is 12.8. The molecule has 0 N–H and O–H groups in total. The van der Waals surface area contributed by atoms with Crippen LogP contribution in [-0.4, -0.2) is 37.2 Å². The maximum Gasteiger partial charge on any atom is 0.306 e. The Hall–Kier alpha value is -3.67. The molecular formula is C60H100O6. The van der Waals surface area contributed by atoms with Gasteiger partial charge in [0, 0.05) is 19.3 Å². The quantitative estimate of drug-likeness (QED) is 0.0262. The topological polar surface area (TPSA) is 78.9 Å². The van der Waals surface area contributed by atoms with Crippen molar-refractivity contribution >= 4 is 17.9 Å². The highest BCUT2D eigenvalue weighted by atomic mass is 16.6. The second-order valence-electron chi connectivity index (χ2n) is 17.8. The molecule has 0 radical (unpaired) electrons. The van der Waals surface area contributed by atoms with Crippen molar-refractivity contribution < 1.29 is 28.6 Å². The molecule has 1 atom stereocenters. The third-order valence-electron chi connectivity index (χ3n) is 11.3. The first-order valence-corrected chi connectivity index (χ1v) is 27.2. The first kappa shape index (κ1) is 62.3. The predicted octanol–water partition coefficient (Wildman–Crippen LogP) is 18.1. The second kappa shape index (κ2) is 53.9.